The summed E-state index contributed by atoms with van der Waals surface area (Å²) in [5.41, 5.74) is 3.18. The molecule has 4 rings (SSSR count). The molecule has 1 aliphatic carbocycles. The van der Waals surface area contributed by atoms with Gasteiger partial charge in [-0.3, -0.25) is 9.78 Å². The number of hydrogen-bond donors (Lipinski definition) is 1. The average molecular weight is 400 g/mol. The van der Waals surface area contributed by atoms with Crippen LogP contribution in [0.25, 0.3) is 0 Å². The lowest BCUT2D eigenvalue weighted by Gasteiger charge is -2.35. The van der Waals surface area contributed by atoms with Gasteiger partial charge in [-0.2, -0.15) is 0 Å². The predicted octanol–water partition coefficient (Wildman–Crippen LogP) is 3.43. The maximum atomic E-state index is 13.0. The number of carbonyl (C=O) groups is 1. The van der Waals surface area contributed by atoms with Gasteiger partial charge in [-0.25, -0.2) is 8.42 Å². The quantitative estimate of drug-likeness (QED) is 0.852. The zero-order chi connectivity index (χ0) is 19.9. The van der Waals surface area contributed by atoms with E-state index in [4.69, 9.17) is 0 Å². The maximum Gasteiger partial charge on any atom is 0.257 e. The highest BCUT2D eigenvalue weighted by Gasteiger charge is 2.44. The molecule has 6 nitrogen and oxygen atoms in total. The van der Waals surface area contributed by atoms with E-state index in [1.807, 2.05) is 6.92 Å². The Bertz CT molecular complexity index is 1020. The molecule has 7 heteroatoms. The van der Waals surface area contributed by atoms with Crippen molar-refractivity contribution in [2.24, 2.45) is 5.41 Å². The third-order valence-electron chi connectivity index (χ3n) is 5.92. The second kappa shape index (κ2) is 6.88. The van der Waals surface area contributed by atoms with Gasteiger partial charge in [0.1, 0.15) is 0 Å². The minimum absolute atomic E-state index is 0.241. The van der Waals surface area contributed by atoms with Crippen LogP contribution in [0.15, 0.2) is 41.4 Å². The van der Waals surface area contributed by atoms with Crippen molar-refractivity contribution in [3.05, 3.63) is 47.8 Å². The van der Waals surface area contributed by atoms with E-state index < -0.39 is 9.84 Å². The first-order valence-electron chi connectivity index (χ1n) is 9.59. The molecule has 1 aromatic heterocycles. The predicted molar refractivity (Wildman–Crippen MR) is 110 cm³/mol. The highest BCUT2D eigenvalue weighted by Crippen LogP contribution is 2.54. The van der Waals surface area contributed by atoms with Gasteiger partial charge in [-0.15, -0.1) is 0 Å². The van der Waals surface area contributed by atoms with Gasteiger partial charge in [0.25, 0.3) is 5.91 Å². The molecule has 0 bridgehead atoms. The smallest absolute Gasteiger partial charge is 0.257 e. The van der Waals surface area contributed by atoms with Crippen molar-refractivity contribution < 1.29 is 13.2 Å². The van der Waals surface area contributed by atoms with E-state index in [1.54, 1.807) is 30.5 Å². The number of nitrogens with zero attached hydrogens (tertiary/aromatic N) is 2. The highest BCUT2D eigenvalue weighted by atomic mass is 32.2. The topological polar surface area (TPSA) is 79.4 Å². The largest absolute Gasteiger partial charge is 0.371 e. The van der Waals surface area contributed by atoms with E-state index in [9.17, 15) is 13.2 Å². The van der Waals surface area contributed by atoms with Crippen LogP contribution in [0.3, 0.4) is 0 Å². The van der Waals surface area contributed by atoms with Crippen LogP contribution < -0.4 is 10.2 Å². The molecule has 1 aromatic carbocycles. The Kier molecular flexibility index (Phi) is 4.65. The lowest BCUT2D eigenvalue weighted by Crippen LogP contribution is -2.35. The fourth-order valence-corrected chi connectivity index (χ4v) is 4.56. The van der Waals surface area contributed by atoms with Crippen molar-refractivity contribution in [3.63, 3.8) is 0 Å². The maximum absolute atomic E-state index is 13.0. The lowest BCUT2D eigenvalue weighted by atomic mass is 9.93. The SMILES string of the molecule is Cc1cc(NC(=O)c2ccc(S(C)(=O)=O)cc2N2CCC3(CC2)CC3)ccn1. The molecule has 1 amide bonds. The minimum atomic E-state index is -3.35. The molecule has 1 spiro atoms. The number of nitrogens with one attached hydrogen (secondary N) is 1. The van der Waals surface area contributed by atoms with Crippen molar-refractivity contribution in [1.29, 1.82) is 0 Å². The van der Waals surface area contributed by atoms with Crippen LogP contribution in [0.2, 0.25) is 0 Å². The molecule has 0 atom stereocenters. The van der Waals surface area contributed by atoms with Crippen LogP contribution >= 0.6 is 0 Å². The van der Waals surface area contributed by atoms with Crippen molar-refractivity contribution in [1.82, 2.24) is 4.98 Å². The van der Waals surface area contributed by atoms with Gasteiger partial charge in [-0.1, -0.05) is 0 Å². The van der Waals surface area contributed by atoms with Gasteiger partial charge in [0.2, 0.25) is 0 Å². The Morgan fingerprint density at radius 1 is 1.11 bits per heavy atom. The minimum Gasteiger partial charge on any atom is -0.371 e. The van der Waals surface area contributed by atoms with E-state index in [2.05, 4.69) is 15.2 Å². The van der Waals surface area contributed by atoms with Gasteiger partial charge < -0.3 is 10.2 Å². The van der Waals surface area contributed by atoms with Gasteiger partial charge in [-0.05, 0) is 68.4 Å². The van der Waals surface area contributed by atoms with Gasteiger partial charge in [0, 0.05) is 36.9 Å². The summed E-state index contributed by atoms with van der Waals surface area (Å²) >= 11 is 0. The summed E-state index contributed by atoms with van der Waals surface area (Å²) in [4.78, 5) is 19.5. The van der Waals surface area contributed by atoms with Crippen molar-refractivity contribution >= 4 is 27.1 Å². The first-order chi connectivity index (χ1) is 13.3. The van der Waals surface area contributed by atoms with E-state index >= 15 is 0 Å². The third kappa shape index (κ3) is 3.90. The highest BCUT2D eigenvalue weighted by molar-refractivity contribution is 7.90. The van der Waals surface area contributed by atoms with E-state index in [1.165, 1.54) is 25.2 Å². The van der Waals surface area contributed by atoms with Crippen molar-refractivity contribution in [3.8, 4) is 0 Å². The number of hydrogen-bond acceptors (Lipinski definition) is 5. The fraction of sp³-hybridized carbons (Fsp3) is 0.429. The van der Waals surface area contributed by atoms with E-state index in [0.717, 1.165) is 31.6 Å². The summed E-state index contributed by atoms with van der Waals surface area (Å²) in [6.07, 6.45) is 7.62. The Morgan fingerprint density at radius 3 is 2.43 bits per heavy atom. The standard InChI is InChI=1S/C21H25N3O3S/c1-15-13-16(5-10-22-15)23-20(25)18-4-3-17(28(2,26)27)14-19(18)24-11-8-21(6-7-21)9-12-24/h3-5,10,13-14H,6-9,11-12H2,1-2H3,(H,22,23,25). The molecule has 1 saturated carbocycles. The number of aromatic nitrogens is 1. The molecule has 148 valence electrons. The summed E-state index contributed by atoms with van der Waals surface area (Å²) in [7, 11) is -3.35. The Hall–Kier alpha value is -2.41. The number of aryl methyl sites for hydroxylation is 1. The monoisotopic (exact) mass is 399 g/mol. The van der Waals surface area contributed by atoms with E-state index in [-0.39, 0.29) is 10.8 Å². The first-order valence-corrected chi connectivity index (χ1v) is 11.5. The summed E-state index contributed by atoms with van der Waals surface area (Å²) < 4.78 is 24.1. The molecule has 2 heterocycles. The molecule has 0 unspecified atom stereocenters. The number of piperidine rings is 1. The van der Waals surface area contributed by atoms with Crippen LogP contribution in [-0.4, -0.2) is 38.7 Å². The molecule has 1 N–H and O–H groups in total. The number of amides is 1. The fourth-order valence-electron chi connectivity index (χ4n) is 3.92. The molecule has 1 aliphatic heterocycles. The molecule has 28 heavy (non-hydrogen) atoms. The number of benzene rings is 1. The molecule has 1 saturated heterocycles. The Morgan fingerprint density at radius 2 is 1.82 bits per heavy atom. The second-order valence-electron chi connectivity index (χ2n) is 8.08. The number of sulfone groups is 1. The van der Waals surface area contributed by atoms with Crippen LogP contribution in [0, 0.1) is 12.3 Å². The molecule has 2 aliphatic rings. The van der Waals surface area contributed by atoms with Gasteiger partial charge >= 0.3 is 0 Å². The Balaban J connectivity index is 1.66. The summed E-state index contributed by atoms with van der Waals surface area (Å²) in [5, 5.41) is 2.91. The second-order valence-corrected chi connectivity index (χ2v) is 10.1. The molecule has 2 aromatic rings. The molecular weight excluding hydrogens is 374 g/mol. The van der Waals surface area contributed by atoms with Gasteiger partial charge in [0.05, 0.1) is 16.1 Å². The normalized spacial score (nSPS) is 18.1. The zero-order valence-electron chi connectivity index (χ0n) is 16.2. The Labute approximate surface area is 165 Å². The van der Waals surface area contributed by atoms with Crippen LogP contribution in [0.1, 0.15) is 41.7 Å². The van der Waals surface area contributed by atoms with Gasteiger partial charge in [0.15, 0.2) is 9.84 Å². The molecule has 2 fully saturated rings. The lowest BCUT2D eigenvalue weighted by molar-refractivity contribution is 0.102. The first kappa shape index (κ1) is 18.9. The van der Waals surface area contributed by atoms with E-state index in [0.29, 0.717) is 22.4 Å². The van der Waals surface area contributed by atoms with Crippen LogP contribution in [0.5, 0.6) is 0 Å². The summed E-state index contributed by atoms with van der Waals surface area (Å²) in [5.74, 6) is -0.243. The number of carbonyl (C=O) groups excluding carboxylic acids is 1. The summed E-state index contributed by atoms with van der Waals surface area (Å²) in [6.45, 7) is 3.56. The molecule has 0 radical (unpaired) electrons. The van der Waals surface area contributed by atoms with Crippen molar-refractivity contribution in [2.45, 2.75) is 37.5 Å². The zero-order valence-corrected chi connectivity index (χ0v) is 17.1. The van der Waals surface area contributed by atoms with Crippen LogP contribution in [-0.2, 0) is 9.84 Å². The molecular formula is C21H25N3O3S. The number of rotatable bonds is 4. The van der Waals surface area contributed by atoms with Crippen LogP contribution in [0.4, 0.5) is 11.4 Å². The third-order valence-corrected chi connectivity index (χ3v) is 7.03. The van der Waals surface area contributed by atoms with Crippen molar-refractivity contribution in [2.75, 3.05) is 29.6 Å². The number of pyridine rings is 1. The summed E-state index contributed by atoms with van der Waals surface area (Å²) in [6, 6.07) is 8.33. The number of anilines is 2. The average Bonchev–Trinajstić information content (AvgIpc) is 3.40.